The summed E-state index contributed by atoms with van der Waals surface area (Å²) in [5.74, 6) is -0.245. The smallest absolute Gasteiger partial charge is 0.230 e. The Balaban J connectivity index is 2.62. The Hall–Kier alpha value is -1.71. The average Bonchev–Trinajstić information content (AvgIpc) is 2.26. The topological polar surface area (TPSA) is 50.3 Å². The molecule has 0 unspecified atom stereocenters. The first kappa shape index (κ1) is 12.4. The van der Waals surface area contributed by atoms with E-state index in [0.29, 0.717) is 13.1 Å². The molecule has 0 aliphatic carbocycles. The van der Waals surface area contributed by atoms with E-state index in [1.165, 1.54) is 6.92 Å². The molecule has 0 spiro atoms. The quantitative estimate of drug-likeness (QED) is 0.705. The van der Waals surface area contributed by atoms with Gasteiger partial charge in [-0.05, 0) is 26.0 Å². The molecular weight excluding hydrogens is 204 g/mol. The van der Waals surface area contributed by atoms with Crippen molar-refractivity contribution in [1.29, 1.82) is 0 Å². The Bertz CT molecular complexity index is 363. The summed E-state index contributed by atoms with van der Waals surface area (Å²) < 4.78 is 0. The number of carbonyl (C=O) groups is 2. The zero-order valence-corrected chi connectivity index (χ0v) is 9.64. The molecular formula is C12H16N2O2. The second-order valence-corrected chi connectivity index (χ2v) is 3.61. The molecule has 0 N–H and O–H groups in total. The van der Waals surface area contributed by atoms with Crippen molar-refractivity contribution in [2.75, 3.05) is 6.54 Å². The van der Waals surface area contributed by atoms with Crippen LogP contribution in [0.1, 0.15) is 26.0 Å². The maximum Gasteiger partial charge on any atom is 0.230 e. The molecule has 1 rings (SSSR count). The van der Waals surface area contributed by atoms with Gasteiger partial charge in [0.25, 0.3) is 0 Å². The summed E-state index contributed by atoms with van der Waals surface area (Å²) in [5.41, 5.74) is 0.834. The third-order valence-electron chi connectivity index (χ3n) is 2.21. The third kappa shape index (κ3) is 3.81. The van der Waals surface area contributed by atoms with Crippen molar-refractivity contribution in [3.05, 3.63) is 30.1 Å². The highest BCUT2D eigenvalue weighted by molar-refractivity contribution is 5.96. The highest BCUT2D eigenvalue weighted by atomic mass is 16.2. The minimum absolute atomic E-state index is 0.0271. The number of hydrogen-bond donors (Lipinski definition) is 0. The van der Waals surface area contributed by atoms with Crippen LogP contribution in [0.2, 0.25) is 0 Å². The van der Waals surface area contributed by atoms with Crippen molar-refractivity contribution in [3.8, 4) is 0 Å². The minimum Gasteiger partial charge on any atom is -0.337 e. The predicted octanol–water partition coefficient (Wildman–Crippen LogP) is 1.41. The molecule has 0 aliphatic rings. The lowest BCUT2D eigenvalue weighted by molar-refractivity contribution is -0.135. The van der Waals surface area contributed by atoms with E-state index in [1.807, 2.05) is 25.1 Å². The number of rotatable bonds is 5. The summed E-state index contributed by atoms with van der Waals surface area (Å²) in [6, 6.07) is 5.58. The molecule has 1 amide bonds. The van der Waals surface area contributed by atoms with Crippen molar-refractivity contribution in [3.63, 3.8) is 0 Å². The summed E-state index contributed by atoms with van der Waals surface area (Å²) in [6.07, 6.45) is 1.67. The predicted molar refractivity (Wildman–Crippen MR) is 60.6 cm³/mol. The first-order valence-electron chi connectivity index (χ1n) is 5.30. The van der Waals surface area contributed by atoms with Gasteiger partial charge in [0.15, 0.2) is 0 Å². The van der Waals surface area contributed by atoms with Crippen molar-refractivity contribution in [2.45, 2.75) is 26.8 Å². The maximum absolute atomic E-state index is 11.7. The third-order valence-corrected chi connectivity index (χ3v) is 2.21. The fourth-order valence-corrected chi connectivity index (χ4v) is 1.39. The van der Waals surface area contributed by atoms with Crippen molar-refractivity contribution >= 4 is 11.7 Å². The molecule has 0 radical (unpaired) electrons. The van der Waals surface area contributed by atoms with Gasteiger partial charge in [-0.25, -0.2) is 0 Å². The summed E-state index contributed by atoms with van der Waals surface area (Å²) in [4.78, 5) is 28.3. The Labute approximate surface area is 95.3 Å². The van der Waals surface area contributed by atoms with E-state index in [0.717, 1.165) is 5.69 Å². The highest BCUT2D eigenvalue weighted by Gasteiger charge is 2.14. The second-order valence-electron chi connectivity index (χ2n) is 3.61. The largest absolute Gasteiger partial charge is 0.337 e. The molecule has 1 aromatic heterocycles. The standard InChI is InChI=1S/C12H16N2O2/c1-3-14(12(16)8-10(2)15)9-11-6-4-5-7-13-11/h4-7H,3,8-9H2,1-2H3. The fourth-order valence-electron chi connectivity index (χ4n) is 1.39. The molecule has 0 fully saturated rings. The summed E-state index contributed by atoms with van der Waals surface area (Å²) in [6.45, 7) is 4.36. The number of pyridine rings is 1. The van der Waals surface area contributed by atoms with E-state index in [4.69, 9.17) is 0 Å². The second kappa shape index (κ2) is 6.00. The first-order valence-corrected chi connectivity index (χ1v) is 5.30. The average molecular weight is 220 g/mol. The van der Waals surface area contributed by atoms with Crippen LogP contribution in [0.3, 0.4) is 0 Å². The van der Waals surface area contributed by atoms with E-state index in [-0.39, 0.29) is 18.1 Å². The monoisotopic (exact) mass is 220 g/mol. The molecule has 0 saturated heterocycles. The number of hydrogen-bond acceptors (Lipinski definition) is 3. The van der Waals surface area contributed by atoms with Gasteiger partial charge in [0.2, 0.25) is 5.91 Å². The Morgan fingerprint density at radius 1 is 1.38 bits per heavy atom. The number of carbonyl (C=O) groups excluding carboxylic acids is 2. The van der Waals surface area contributed by atoms with Crippen LogP contribution in [0.25, 0.3) is 0 Å². The molecule has 4 nitrogen and oxygen atoms in total. The fraction of sp³-hybridized carbons (Fsp3) is 0.417. The van der Waals surface area contributed by atoms with Crippen LogP contribution in [0.15, 0.2) is 24.4 Å². The molecule has 0 aromatic carbocycles. The van der Waals surface area contributed by atoms with E-state index >= 15 is 0 Å². The van der Waals surface area contributed by atoms with Gasteiger partial charge in [0.05, 0.1) is 18.7 Å². The summed E-state index contributed by atoms with van der Waals surface area (Å²) in [7, 11) is 0. The van der Waals surface area contributed by atoms with Crippen molar-refractivity contribution < 1.29 is 9.59 Å². The normalized spacial score (nSPS) is 9.88. The summed E-state index contributed by atoms with van der Waals surface area (Å²) in [5, 5.41) is 0. The number of Topliss-reactive ketones (excluding diaryl/α,β-unsaturated/α-hetero) is 1. The molecule has 16 heavy (non-hydrogen) atoms. The van der Waals surface area contributed by atoms with Gasteiger partial charge < -0.3 is 4.90 Å². The van der Waals surface area contributed by atoms with Gasteiger partial charge in [0.1, 0.15) is 5.78 Å². The molecule has 0 saturated carbocycles. The Morgan fingerprint density at radius 3 is 2.62 bits per heavy atom. The van der Waals surface area contributed by atoms with Gasteiger partial charge in [-0.2, -0.15) is 0 Å². The molecule has 0 aliphatic heterocycles. The Kier molecular flexibility index (Phi) is 4.64. The van der Waals surface area contributed by atoms with Crippen LogP contribution < -0.4 is 0 Å². The van der Waals surface area contributed by atoms with E-state index in [1.54, 1.807) is 11.1 Å². The summed E-state index contributed by atoms with van der Waals surface area (Å²) >= 11 is 0. The molecule has 4 heteroatoms. The van der Waals surface area contributed by atoms with Gasteiger partial charge in [0, 0.05) is 12.7 Å². The lowest BCUT2D eigenvalue weighted by Gasteiger charge is -2.19. The van der Waals surface area contributed by atoms with E-state index in [9.17, 15) is 9.59 Å². The molecule has 1 heterocycles. The SMILES string of the molecule is CCN(Cc1ccccn1)C(=O)CC(C)=O. The molecule has 1 aromatic rings. The van der Waals surface area contributed by atoms with Crippen LogP contribution in [-0.2, 0) is 16.1 Å². The number of nitrogens with zero attached hydrogens (tertiary/aromatic N) is 2. The lowest BCUT2D eigenvalue weighted by Crippen LogP contribution is -2.31. The van der Waals surface area contributed by atoms with Gasteiger partial charge in [-0.3, -0.25) is 14.6 Å². The molecule has 0 atom stereocenters. The number of aromatic nitrogens is 1. The minimum atomic E-state index is -0.138. The molecule has 0 bridgehead atoms. The van der Waals surface area contributed by atoms with Crippen LogP contribution >= 0.6 is 0 Å². The van der Waals surface area contributed by atoms with E-state index < -0.39 is 0 Å². The van der Waals surface area contributed by atoms with Crippen LogP contribution in [0.4, 0.5) is 0 Å². The van der Waals surface area contributed by atoms with Crippen molar-refractivity contribution in [1.82, 2.24) is 9.88 Å². The van der Waals surface area contributed by atoms with Gasteiger partial charge in [-0.15, -0.1) is 0 Å². The van der Waals surface area contributed by atoms with Crippen LogP contribution in [0, 0.1) is 0 Å². The maximum atomic E-state index is 11.7. The van der Waals surface area contributed by atoms with Crippen LogP contribution in [0.5, 0.6) is 0 Å². The van der Waals surface area contributed by atoms with Crippen molar-refractivity contribution in [2.24, 2.45) is 0 Å². The van der Waals surface area contributed by atoms with Gasteiger partial charge in [-0.1, -0.05) is 6.07 Å². The van der Waals surface area contributed by atoms with Crippen LogP contribution in [-0.4, -0.2) is 28.1 Å². The zero-order valence-electron chi connectivity index (χ0n) is 9.64. The molecule has 86 valence electrons. The van der Waals surface area contributed by atoms with E-state index in [2.05, 4.69) is 4.98 Å². The number of ketones is 1. The highest BCUT2D eigenvalue weighted by Crippen LogP contribution is 2.03. The van der Waals surface area contributed by atoms with Gasteiger partial charge >= 0.3 is 0 Å². The Morgan fingerprint density at radius 2 is 2.12 bits per heavy atom. The zero-order chi connectivity index (χ0) is 12.0. The lowest BCUT2D eigenvalue weighted by atomic mass is 10.2. The first-order chi connectivity index (χ1) is 7.63. The number of amides is 1.